The van der Waals surface area contributed by atoms with Gasteiger partial charge in [0, 0.05) is 19.3 Å². The van der Waals surface area contributed by atoms with E-state index in [2.05, 4.69) is 95.2 Å². The minimum absolute atomic E-state index is 0.0622. The Bertz CT molecular complexity index is 1250. The zero-order valence-corrected chi connectivity index (χ0v) is 34.9. The second-order valence-corrected chi connectivity index (χ2v) is 23.6. The van der Waals surface area contributed by atoms with Gasteiger partial charge < -0.3 is 34.0 Å². The Morgan fingerprint density at radius 3 is 2.24 bits per heavy atom. The number of hydrogen-bond donors (Lipinski definition) is 3. The molecule has 3 heterocycles. The van der Waals surface area contributed by atoms with Gasteiger partial charge in [-0.1, -0.05) is 106 Å². The standard InChI is InChI=1S/C42H72O8Si/c1-25(2)37-31(11)18-19-41(49-37)23-34(43)22-35(48-41)17-16-30(10)20-29(9)14-13-15-33-24-47-39-38(32(12)21-36(40(44)45)42(33,39)46)50-51(26(3)4,27(5)6)28(7)8/h13-16,25-29,31-32,34-39,43,46H,17-24H2,1-12H3,(H,44,45)/b14-13+,30-16+,33-15+/t29-,31-,32-,34-,35+,36-,37+,38-,39+,41+,42+/m0/s1. The van der Waals surface area contributed by atoms with Crippen LogP contribution in [0.15, 0.2) is 35.5 Å². The third kappa shape index (κ3) is 8.98. The second-order valence-electron chi connectivity index (χ2n) is 18.2. The maximum Gasteiger partial charge on any atom is 0.309 e. The molecule has 292 valence electrons. The van der Waals surface area contributed by atoms with E-state index in [9.17, 15) is 20.1 Å². The minimum atomic E-state index is -2.32. The van der Waals surface area contributed by atoms with Gasteiger partial charge in [0.1, 0.15) is 11.7 Å². The molecule has 4 rings (SSSR count). The van der Waals surface area contributed by atoms with Crippen LogP contribution in [0.25, 0.3) is 0 Å². The first-order valence-electron chi connectivity index (χ1n) is 20.1. The summed E-state index contributed by atoms with van der Waals surface area (Å²) in [4.78, 5) is 12.6. The van der Waals surface area contributed by atoms with Crippen LogP contribution in [0.1, 0.15) is 128 Å². The van der Waals surface area contributed by atoms with Gasteiger partial charge in [0.25, 0.3) is 0 Å². The van der Waals surface area contributed by atoms with Gasteiger partial charge in [-0.05, 0) is 78.5 Å². The molecule has 1 spiro atoms. The van der Waals surface area contributed by atoms with E-state index in [-0.39, 0.29) is 36.8 Å². The normalized spacial score (nSPS) is 38.2. The zero-order chi connectivity index (χ0) is 38.1. The fraction of sp³-hybridized carbons (Fsp3) is 0.833. The molecule has 0 amide bonds. The number of allylic oxidation sites excluding steroid dienone is 4. The summed E-state index contributed by atoms with van der Waals surface area (Å²) in [5, 5.41) is 33.5. The Balaban J connectivity index is 1.44. The maximum absolute atomic E-state index is 12.6. The lowest BCUT2D eigenvalue weighted by molar-refractivity contribution is -0.339. The average Bonchev–Trinajstić information content (AvgIpc) is 3.36. The Hall–Kier alpha value is -1.33. The molecule has 0 aromatic rings. The third-order valence-corrected chi connectivity index (χ3v) is 18.9. The molecular weight excluding hydrogens is 661 g/mol. The molecule has 0 aromatic heterocycles. The second kappa shape index (κ2) is 17.0. The molecule has 3 saturated heterocycles. The fourth-order valence-electron chi connectivity index (χ4n) is 10.4. The van der Waals surface area contributed by atoms with Crippen LogP contribution in [0.5, 0.6) is 0 Å². The number of carbonyl (C=O) groups is 1. The van der Waals surface area contributed by atoms with Crippen molar-refractivity contribution in [1.29, 1.82) is 0 Å². The van der Waals surface area contributed by atoms with Crippen LogP contribution in [-0.4, -0.2) is 78.1 Å². The predicted octanol–water partition coefficient (Wildman–Crippen LogP) is 8.97. The van der Waals surface area contributed by atoms with Gasteiger partial charge >= 0.3 is 5.97 Å². The Morgan fingerprint density at radius 2 is 1.65 bits per heavy atom. The minimum Gasteiger partial charge on any atom is -0.481 e. The van der Waals surface area contributed by atoms with E-state index in [1.54, 1.807) is 0 Å². The third-order valence-electron chi connectivity index (χ3n) is 12.8. The highest BCUT2D eigenvalue weighted by Crippen LogP contribution is 2.52. The highest BCUT2D eigenvalue weighted by Gasteiger charge is 2.63. The van der Waals surface area contributed by atoms with Crippen LogP contribution in [0.3, 0.4) is 0 Å². The molecule has 0 bridgehead atoms. The van der Waals surface area contributed by atoms with E-state index in [1.165, 1.54) is 5.57 Å². The van der Waals surface area contributed by atoms with Gasteiger partial charge in [0.2, 0.25) is 8.32 Å². The number of fused-ring (bicyclic) bond motifs is 1. The number of aliphatic carboxylic acids is 1. The van der Waals surface area contributed by atoms with Gasteiger partial charge in [-0.25, -0.2) is 0 Å². The molecule has 1 aliphatic carbocycles. The maximum atomic E-state index is 12.6. The summed E-state index contributed by atoms with van der Waals surface area (Å²) in [6.07, 6.45) is 11.6. The highest BCUT2D eigenvalue weighted by atomic mass is 28.4. The molecule has 9 heteroatoms. The molecule has 4 fully saturated rings. The lowest BCUT2D eigenvalue weighted by atomic mass is 9.66. The van der Waals surface area contributed by atoms with E-state index in [1.807, 2.05) is 12.2 Å². The first-order valence-corrected chi connectivity index (χ1v) is 22.2. The van der Waals surface area contributed by atoms with Crippen molar-refractivity contribution < 1.29 is 38.8 Å². The largest absolute Gasteiger partial charge is 0.481 e. The summed E-state index contributed by atoms with van der Waals surface area (Å²) in [6, 6.07) is 0. The molecular formula is C42H72O8Si. The molecule has 0 radical (unpaired) electrons. The lowest BCUT2D eigenvalue weighted by Gasteiger charge is -2.52. The van der Waals surface area contributed by atoms with E-state index in [4.69, 9.17) is 18.6 Å². The van der Waals surface area contributed by atoms with Gasteiger partial charge in [-0.2, -0.15) is 0 Å². The summed E-state index contributed by atoms with van der Waals surface area (Å²) in [6.45, 7) is 26.6. The predicted molar refractivity (Wildman–Crippen MR) is 206 cm³/mol. The van der Waals surface area contributed by atoms with Crippen LogP contribution in [0.4, 0.5) is 0 Å². The van der Waals surface area contributed by atoms with E-state index in [0.29, 0.717) is 53.3 Å². The first kappa shape index (κ1) is 42.4. The summed E-state index contributed by atoms with van der Waals surface area (Å²) in [5.74, 6) is -1.60. The molecule has 51 heavy (non-hydrogen) atoms. The monoisotopic (exact) mass is 732 g/mol. The van der Waals surface area contributed by atoms with Crippen LogP contribution < -0.4 is 0 Å². The van der Waals surface area contributed by atoms with Crippen molar-refractivity contribution in [3.63, 3.8) is 0 Å². The molecule has 0 aromatic carbocycles. The quantitative estimate of drug-likeness (QED) is 0.127. The molecule has 3 N–H and O–H groups in total. The number of hydrogen-bond acceptors (Lipinski definition) is 7. The SMILES string of the molecule is C/C(=C\C[C@@H]1C[C@H](O)C[C@]2(CC[C@H](C)[C@@H](C(C)C)O2)O1)C[C@@H](C)/C=C/C=C1\CO[C@@H]2[C@@H](O[Si](C(C)C)(C(C)C)C(C)C)[C@@H](C)C[C@@H](C(=O)O)[C@]12O. The molecule has 0 unspecified atom stereocenters. The topological polar surface area (TPSA) is 115 Å². The summed E-state index contributed by atoms with van der Waals surface area (Å²) in [5.41, 5.74) is 1.31. The van der Waals surface area contributed by atoms with Crippen molar-refractivity contribution >= 4 is 14.3 Å². The Labute approximate surface area is 310 Å². The Morgan fingerprint density at radius 1 is 1.00 bits per heavy atom. The molecule has 11 atom stereocenters. The number of carboxylic acids is 1. The smallest absolute Gasteiger partial charge is 0.309 e. The van der Waals surface area contributed by atoms with E-state index < -0.39 is 43.8 Å². The van der Waals surface area contributed by atoms with Crippen LogP contribution in [0, 0.1) is 29.6 Å². The van der Waals surface area contributed by atoms with Crippen LogP contribution in [-0.2, 0) is 23.4 Å². The summed E-state index contributed by atoms with van der Waals surface area (Å²) >= 11 is 0. The van der Waals surface area contributed by atoms with Crippen molar-refractivity contribution in [1.82, 2.24) is 0 Å². The van der Waals surface area contributed by atoms with Crippen LogP contribution >= 0.6 is 0 Å². The fourth-order valence-corrected chi connectivity index (χ4v) is 16.0. The lowest BCUT2D eigenvalue weighted by Crippen LogP contribution is -2.64. The average molecular weight is 733 g/mol. The van der Waals surface area contributed by atoms with E-state index >= 15 is 0 Å². The van der Waals surface area contributed by atoms with E-state index in [0.717, 1.165) is 25.7 Å². The number of ether oxygens (including phenoxy) is 3. The number of aliphatic hydroxyl groups is 2. The van der Waals surface area contributed by atoms with Crippen LogP contribution in [0.2, 0.25) is 16.6 Å². The van der Waals surface area contributed by atoms with Gasteiger partial charge in [-0.3, -0.25) is 4.79 Å². The molecule has 8 nitrogen and oxygen atoms in total. The Kier molecular flexibility index (Phi) is 14.1. The summed E-state index contributed by atoms with van der Waals surface area (Å²) in [7, 11) is -2.32. The van der Waals surface area contributed by atoms with Gasteiger partial charge in [-0.15, -0.1) is 0 Å². The molecule has 3 aliphatic heterocycles. The van der Waals surface area contributed by atoms with Crippen molar-refractivity contribution in [3.05, 3.63) is 35.5 Å². The molecule has 4 aliphatic rings. The highest BCUT2D eigenvalue weighted by molar-refractivity contribution is 6.77. The number of rotatable bonds is 13. The van der Waals surface area contributed by atoms with Gasteiger partial charge in [0.15, 0.2) is 5.79 Å². The first-order chi connectivity index (χ1) is 23.8. The van der Waals surface area contributed by atoms with Crippen molar-refractivity contribution in [3.8, 4) is 0 Å². The molecule has 1 saturated carbocycles. The van der Waals surface area contributed by atoms with Gasteiger partial charge in [0.05, 0.1) is 36.9 Å². The number of carboxylic acid groups (broad SMARTS) is 1. The van der Waals surface area contributed by atoms with Crippen molar-refractivity contribution in [2.24, 2.45) is 29.6 Å². The zero-order valence-electron chi connectivity index (χ0n) is 33.9. The van der Waals surface area contributed by atoms with Crippen molar-refractivity contribution in [2.45, 2.75) is 187 Å². The van der Waals surface area contributed by atoms with Crippen molar-refractivity contribution in [2.75, 3.05) is 6.61 Å². The summed E-state index contributed by atoms with van der Waals surface area (Å²) < 4.78 is 26.8. The number of aliphatic hydroxyl groups excluding tert-OH is 1.